The lowest BCUT2D eigenvalue weighted by Crippen LogP contribution is -2.28. The van der Waals surface area contributed by atoms with Crippen LogP contribution in [0.4, 0.5) is 0 Å². The molecule has 0 bridgehead atoms. The Kier molecular flexibility index (Phi) is 2.83. The molecule has 0 unspecified atom stereocenters. The van der Waals surface area contributed by atoms with Gasteiger partial charge in [-0.25, -0.2) is 4.79 Å². The highest BCUT2D eigenvalue weighted by molar-refractivity contribution is 5.81. The minimum atomic E-state index is -0.148. The van der Waals surface area contributed by atoms with E-state index in [2.05, 4.69) is 9.88 Å². The molecule has 1 saturated heterocycles. The Morgan fingerprint density at radius 3 is 2.78 bits per heavy atom. The van der Waals surface area contributed by atoms with Gasteiger partial charge < -0.3 is 15.0 Å². The van der Waals surface area contributed by atoms with Crippen molar-refractivity contribution in [3.63, 3.8) is 0 Å². The first-order valence-electron chi connectivity index (χ1n) is 6.38. The Morgan fingerprint density at radius 2 is 2.00 bits per heavy atom. The molecule has 3 rings (SSSR count). The first-order valence-corrected chi connectivity index (χ1v) is 6.38. The molecule has 0 amide bonds. The van der Waals surface area contributed by atoms with Crippen LogP contribution in [-0.4, -0.2) is 39.2 Å². The van der Waals surface area contributed by atoms with Crippen LogP contribution in [0.25, 0.3) is 11.0 Å². The molecule has 2 aromatic rings. The van der Waals surface area contributed by atoms with Crippen molar-refractivity contribution in [3.8, 4) is 5.75 Å². The van der Waals surface area contributed by atoms with Crippen molar-refractivity contribution in [1.82, 2.24) is 14.5 Å². The van der Waals surface area contributed by atoms with Gasteiger partial charge in [-0.15, -0.1) is 0 Å². The zero-order chi connectivity index (χ0) is 12.5. The number of fused-ring (bicyclic) bond motifs is 1. The first kappa shape index (κ1) is 11.3. The van der Waals surface area contributed by atoms with Crippen molar-refractivity contribution in [1.29, 1.82) is 0 Å². The van der Waals surface area contributed by atoms with Gasteiger partial charge in [0.25, 0.3) is 0 Å². The van der Waals surface area contributed by atoms with Crippen molar-refractivity contribution in [2.75, 3.05) is 19.6 Å². The summed E-state index contributed by atoms with van der Waals surface area (Å²) >= 11 is 0. The Balaban J connectivity index is 1.90. The van der Waals surface area contributed by atoms with Crippen LogP contribution in [-0.2, 0) is 6.54 Å². The molecule has 0 aliphatic carbocycles. The molecule has 2 heterocycles. The molecule has 1 fully saturated rings. The lowest BCUT2D eigenvalue weighted by Gasteiger charge is -2.14. The topological polar surface area (TPSA) is 61.3 Å². The van der Waals surface area contributed by atoms with Crippen LogP contribution in [0.3, 0.4) is 0 Å². The number of rotatable bonds is 3. The molecular formula is C13H17N3O2. The van der Waals surface area contributed by atoms with Gasteiger partial charge in [0.2, 0.25) is 0 Å². The highest BCUT2D eigenvalue weighted by Crippen LogP contribution is 2.21. The summed E-state index contributed by atoms with van der Waals surface area (Å²) in [7, 11) is 0. The molecule has 0 atom stereocenters. The number of H-pyrrole nitrogens is 1. The lowest BCUT2D eigenvalue weighted by molar-refractivity contribution is 0.322. The van der Waals surface area contributed by atoms with Gasteiger partial charge in [-0.05, 0) is 38.1 Å². The second-order valence-electron chi connectivity index (χ2n) is 4.80. The molecule has 1 aromatic carbocycles. The maximum atomic E-state index is 11.9. The van der Waals surface area contributed by atoms with Crippen molar-refractivity contribution in [2.45, 2.75) is 19.4 Å². The van der Waals surface area contributed by atoms with Crippen molar-refractivity contribution in [2.24, 2.45) is 0 Å². The quantitative estimate of drug-likeness (QED) is 0.854. The third-order valence-corrected chi connectivity index (χ3v) is 3.61. The summed E-state index contributed by atoms with van der Waals surface area (Å²) < 4.78 is 1.63. The van der Waals surface area contributed by atoms with E-state index in [0.29, 0.717) is 17.6 Å². The van der Waals surface area contributed by atoms with E-state index in [9.17, 15) is 9.90 Å². The number of aromatic hydroxyl groups is 1. The molecular weight excluding hydrogens is 230 g/mol. The van der Waals surface area contributed by atoms with E-state index in [1.807, 2.05) is 6.07 Å². The Bertz CT molecular complexity index is 608. The predicted octanol–water partition coefficient (Wildman–Crippen LogP) is 1.13. The van der Waals surface area contributed by atoms with Crippen LogP contribution in [0, 0.1) is 0 Å². The maximum absolute atomic E-state index is 11.9. The molecule has 5 heteroatoms. The van der Waals surface area contributed by atoms with Crippen LogP contribution < -0.4 is 5.69 Å². The van der Waals surface area contributed by atoms with Crippen molar-refractivity contribution < 1.29 is 5.11 Å². The number of para-hydroxylation sites is 1. The molecule has 0 saturated carbocycles. The van der Waals surface area contributed by atoms with Gasteiger partial charge in [0.05, 0.1) is 5.52 Å². The number of hydrogen-bond donors (Lipinski definition) is 2. The summed E-state index contributed by atoms with van der Waals surface area (Å²) in [6, 6.07) is 5.16. The van der Waals surface area contributed by atoms with Gasteiger partial charge >= 0.3 is 5.69 Å². The monoisotopic (exact) mass is 247 g/mol. The summed E-state index contributed by atoms with van der Waals surface area (Å²) in [4.78, 5) is 17.0. The van der Waals surface area contributed by atoms with Crippen molar-refractivity contribution in [3.05, 3.63) is 28.7 Å². The molecule has 2 N–H and O–H groups in total. The first-order chi connectivity index (χ1) is 8.75. The van der Waals surface area contributed by atoms with Crippen LogP contribution in [0.2, 0.25) is 0 Å². The van der Waals surface area contributed by atoms with Crippen LogP contribution >= 0.6 is 0 Å². The number of nitrogens with one attached hydrogen (secondary N) is 1. The summed E-state index contributed by atoms with van der Waals surface area (Å²) in [5.41, 5.74) is 1.16. The highest BCUT2D eigenvalue weighted by atomic mass is 16.3. The van der Waals surface area contributed by atoms with Gasteiger partial charge in [-0.2, -0.15) is 0 Å². The lowest BCUT2D eigenvalue weighted by atomic mass is 10.3. The van der Waals surface area contributed by atoms with Gasteiger partial charge in [-0.1, -0.05) is 6.07 Å². The third kappa shape index (κ3) is 1.90. The third-order valence-electron chi connectivity index (χ3n) is 3.61. The Hall–Kier alpha value is -1.75. The van der Waals surface area contributed by atoms with Crippen molar-refractivity contribution >= 4 is 11.0 Å². The predicted molar refractivity (Wildman–Crippen MR) is 69.9 cm³/mol. The average molecular weight is 247 g/mol. The number of phenols is 1. The van der Waals surface area contributed by atoms with E-state index >= 15 is 0 Å². The van der Waals surface area contributed by atoms with Gasteiger partial charge in [0, 0.05) is 13.1 Å². The SMILES string of the molecule is O=c1[nH]c2cccc(O)c2n1CCN1CCCC1. The number of hydrogen-bond acceptors (Lipinski definition) is 3. The fraction of sp³-hybridized carbons (Fsp3) is 0.462. The molecule has 96 valence electrons. The van der Waals surface area contributed by atoms with E-state index < -0.39 is 0 Å². The second kappa shape index (κ2) is 4.49. The maximum Gasteiger partial charge on any atom is 0.326 e. The minimum absolute atomic E-state index is 0.148. The molecule has 1 aliphatic heterocycles. The van der Waals surface area contributed by atoms with E-state index in [0.717, 1.165) is 19.6 Å². The number of imidazole rings is 1. The molecule has 18 heavy (non-hydrogen) atoms. The Labute approximate surface area is 105 Å². The fourth-order valence-corrected chi connectivity index (χ4v) is 2.66. The summed E-state index contributed by atoms with van der Waals surface area (Å²) in [5.74, 6) is 0.160. The smallest absolute Gasteiger partial charge is 0.326 e. The second-order valence-corrected chi connectivity index (χ2v) is 4.80. The standard InChI is InChI=1S/C13H17N3O2/c17-11-5-3-4-10-12(11)16(13(18)14-10)9-8-15-6-1-2-7-15/h3-5,17H,1-2,6-9H2,(H,14,18). The number of likely N-dealkylation sites (tertiary alicyclic amines) is 1. The van der Waals surface area contributed by atoms with Gasteiger partial charge in [0.15, 0.2) is 0 Å². The highest BCUT2D eigenvalue weighted by Gasteiger charge is 2.14. The van der Waals surface area contributed by atoms with E-state index in [-0.39, 0.29) is 11.4 Å². The van der Waals surface area contributed by atoms with E-state index in [1.165, 1.54) is 12.8 Å². The zero-order valence-electron chi connectivity index (χ0n) is 10.2. The number of nitrogens with zero attached hydrogens (tertiary/aromatic N) is 2. The summed E-state index contributed by atoms with van der Waals surface area (Å²) in [6.07, 6.45) is 2.49. The molecule has 0 spiro atoms. The summed E-state index contributed by atoms with van der Waals surface area (Å²) in [6.45, 7) is 3.71. The Morgan fingerprint density at radius 1 is 1.22 bits per heavy atom. The molecule has 1 aliphatic rings. The molecule has 0 radical (unpaired) electrons. The normalized spacial score (nSPS) is 16.7. The van der Waals surface area contributed by atoms with Crippen LogP contribution in [0.5, 0.6) is 5.75 Å². The van der Waals surface area contributed by atoms with E-state index in [4.69, 9.17) is 0 Å². The van der Waals surface area contributed by atoms with Crippen LogP contribution in [0.1, 0.15) is 12.8 Å². The average Bonchev–Trinajstić information content (AvgIpc) is 2.94. The van der Waals surface area contributed by atoms with Gasteiger partial charge in [0.1, 0.15) is 11.3 Å². The van der Waals surface area contributed by atoms with Gasteiger partial charge in [-0.3, -0.25) is 4.57 Å². The number of phenolic OH excluding ortho intramolecular Hbond substituents is 1. The molecule has 1 aromatic heterocycles. The molecule has 5 nitrogen and oxygen atoms in total. The fourth-order valence-electron chi connectivity index (χ4n) is 2.66. The zero-order valence-corrected chi connectivity index (χ0v) is 10.2. The number of aromatic amines is 1. The minimum Gasteiger partial charge on any atom is -0.506 e. The number of aromatic nitrogens is 2. The number of benzene rings is 1. The largest absolute Gasteiger partial charge is 0.506 e. The summed E-state index contributed by atoms with van der Waals surface area (Å²) in [5, 5.41) is 9.86. The van der Waals surface area contributed by atoms with E-state index in [1.54, 1.807) is 16.7 Å². The van der Waals surface area contributed by atoms with Crippen LogP contribution in [0.15, 0.2) is 23.0 Å².